The molecule has 6 nitrogen and oxygen atoms in total. The first-order valence-electron chi connectivity index (χ1n) is 12.7. The van der Waals surface area contributed by atoms with Gasteiger partial charge in [-0.3, -0.25) is 14.2 Å². The molecule has 0 saturated heterocycles. The number of carbonyl (C=O) groups excluding carboxylic acids is 1. The molecule has 2 aromatic heterocycles. The Kier molecular flexibility index (Phi) is 7.11. The maximum atomic E-state index is 13.8. The summed E-state index contributed by atoms with van der Waals surface area (Å²) in [5, 5.41) is 3.71. The van der Waals surface area contributed by atoms with E-state index in [0.29, 0.717) is 32.1 Å². The molecule has 0 saturated carbocycles. The molecule has 0 spiro atoms. The Bertz CT molecular complexity index is 1900. The first kappa shape index (κ1) is 25.9. The average molecular weight is 564 g/mol. The number of anilines is 1. The van der Waals surface area contributed by atoms with Gasteiger partial charge in [-0.1, -0.05) is 89.3 Å². The van der Waals surface area contributed by atoms with E-state index in [1.54, 1.807) is 10.6 Å². The van der Waals surface area contributed by atoms with Gasteiger partial charge >= 0.3 is 0 Å². The summed E-state index contributed by atoms with van der Waals surface area (Å²) in [4.78, 5) is 33.7. The third-order valence-electron chi connectivity index (χ3n) is 6.53. The predicted molar refractivity (Wildman–Crippen MR) is 159 cm³/mol. The number of carbonyl (C=O) groups is 1. The van der Waals surface area contributed by atoms with E-state index >= 15 is 0 Å². The van der Waals surface area contributed by atoms with Crippen molar-refractivity contribution in [2.24, 2.45) is 4.99 Å². The lowest BCUT2D eigenvalue weighted by Gasteiger charge is -2.25. The number of benzene rings is 3. The van der Waals surface area contributed by atoms with Crippen LogP contribution in [0.2, 0.25) is 0 Å². The number of fused-ring (bicyclic) bond motifs is 1. The number of para-hydroxylation sites is 1. The molecule has 198 valence electrons. The maximum Gasteiger partial charge on any atom is 0.271 e. The van der Waals surface area contributed by atoms with Crippen LogP contribution in [0, 0.1) is 6.92 Å². The Labute approximate surface area is 239 Å². The molecule has 1 amide bonds. The van der Waals surface area contributed by atoms with Gasteiger partial charge in [0.05, 0.1) is 21.8 Å². The maximum absolute atomic E-state index is 13.8. The third-order valence-corrected chi connectivity index (χ3v) is 8.44. The first-order valence-corrected chi connectivity index (χ1v) is 14.4. The van der Waals surface area contributed by atoms with E-state index in [1.807, 2.05) is 79.7 Å². The number of rotatable bonds is 6. The van der Waals surface area contributed by atoms with Gasteiger partial charge in [-0.15, -0.1) is 0 Å². The summed E-state index contributed by atoms with van der Waals surface area (Å²) in [6.07, 6.45) is 1.74. The van der Waals surface area contributed by atoms with E-state index in [4.69, 9.17) is 9.41 Å². The Balaban J connectivity index is 1.39. The van der Waals surface area contributed by atoms with Gasteiger partial charge in [0.15, 0.2) is 9.89 Å². The number of hydrogen-bond acceptors (Lipinski definition) is 6. The molecule has 1 aliphatic rings. The first-order chi connectivity index (χ1) is 19.5. The minimum absolute atomic E-state index is 0.223. The molecule has 3 aromatic carbocycles. The monoisotopic (exact) mass is 563 g/mol. The van der Waals surface area contributed by atoms with Crippen molar-refractivity contribution in [3.05, 3.63) is 145 Å². The van der Waals surface area contributed by atoms with E-state index in [1.165, 1.54) is 28.7 Å². The minimum Gasteiger partial charge on any atom is -0.450 e. The van der Waals surface area contributed by atoms with Crippen LogP contribution < -0.4 is 20.2 Å². The fourth-order valence-corrected chi connectivity index (χ4v) is 6.41. The van der Waals surface area contributed by atoms with Crippen molar-refractivity contribution in [3.8, 4) is 0 Å². The third kappa shape index (κ3) is 5.23. The molecule has 0 aliphatic carbocycles. The molecule has 0 radical (unpaired) electrons. The second-order valence-corrected chi connectivity index (χ2v) is 11.5. The smallest absolute Gasteiger partial charge is 0.271 e. The van der Waals surface area contributed by atoms with Gasteiger partial charge in [0.25, 0.3) is 11.5 Å². The highest BCUT2D eigenvalue weighted by Gasteiger charge is 2.32. The van der Waals surface area contributed by atoms with Crippen molar-refractivity contribution >= 4 is 40.8 Å². The van der Waals surface area contributed by atoms with Crippen LogP contribution in [0.15, 0.2) is 133 Å². The van der Waals surface area contributed by atoms with Crippen LogP contribution >= 0.6 is 23.1 Å². The van der Waals surface area contributed by atoms with Gasteiger partial charge in [0.1, 0.15) is 5.76 Å². The van der Waals surface area contributed by atoms with E-state index in [9.17, 15) is 9.59 Å². The standard InChI is InChI=1S/C32H25N3O3S2/c1-20-13-16-25(17-14-20)39-27-18-15-24(38-27)19-26-31(37)35-29(22-9-5-3-6-10-22)28(21(2)33-32(35)40-26)30(36)34-23-11-7-4-8-12-23/h3-19,29H,1-2H3,(H,34,36)/b26-19-. The molecule has 1 N–H and O–H groups in total. The fourth-order valence-electron chi connectivity index (χ4n) is 4.60. The number of thiazole rings is 1. The number of aryl methyl sites for hydroxylation is 1. The summed E-state index contributed by atoms with van der Waals surface area (Å²) in [5.74, 6) is 0.285. The van der Waals surface area contributed by atoms with Gasteiger partial charge in [-0.25, -0.2) is 4.99 Å². The zero-order valence-corrected chi connectivity index (χ0v) is 23.5. The van der Waals surface area contributed by atoms with E-state index in [-0.39, 0.29) is 11.5 Å². The number of nitrogens with zero attached hydrogens (tertiary/aromatic N) is 2. The zero-order valence-electron chi connectivity index (χ0n) is 21.8. The molecule has 5 aromatic rings. The Morgan fingerprint density at radius 3 is 2.38 bits per heavy atom. The van der Waals surface area contributed by atoms with E-state index in [2.05, 4.69) is 36.5 Å². The lowest BCUT2D eigenvalue weighted by molar-refractivity contribution is -0.113. The van der Waals surface area contributed by atoms with E-state index in [0.717, 1.165) is 15.6 Å². The number of aromatic nitrogens is 1. The lowest BCUT2D eigenvalue weighted by Crippen LogP contribution is -2.40. The molecule has 1 aliphatic heterocycles. The van der Waals surface area contributed by atoms with Crippen LogP contribution in [-0.4, -0.2) is 10.5 Å². The van der Waals surface area contributed by atoms with Crippen molar-refractivity contribution < 1.29 is 9.21 Å². The SMILES string of the molecule is CC1=C(C(=O)Nc2ccccc2)C(c2ccccc2)n2c(s/c(=C\c3ccc(Sc4ccc(C)cc4)o3)c2=O)=N1. The summed E-state index contributed by atoms with van der Waals surface area (Å²) in [7, 11) is 0. The Hall–Kier alpha value is -4.40. The summed E-state index contributed by atoms with van der Waals surface area (Å²) >= 11 is 2.81. The van der Waals surface area contributed by atoms with Gasteiger partial charge in [-0.05, 0) is 55.8 Å². The number of furan rings is 1. The number of allylic oxidation sites excluding steroid dienone is 1. The van der Waals surface area contributed by atoms with Crippen LogP contribution in [0.3, 0.4) is 0 Å². The molecule has 3 heterocycles. The Morgan fingerprint density at radius 2 is 1.65 bits per heavy atom. The molecule has 1 unspecified atom stereocenters. The Morgan fingerprint density at radius 1 is 0.950 bits per heavy atom. The number of hydrogen-bond donors (Lipinski definition) is 1. The fraction of sp³-hybridized carbons (Fsp3) is 0.0938. The van der Waals surface area contributed by atoms with Crippen molar-refractivity contribution in [2.45, 2.75) is 29.9 Å². The molecule has 8 heteroatoms. The number of nitrogens with one attached hydrogen (secondary N) is 1. The topological polar surface area (TPSA) is 76.6 Å². The molecule has 0 bridgehead atoms. The predicted octanol–water partition coefficient (Wildman–Crippen LogP) is 5.93. The lowest BCUT2D eigenvalue weighted by atomic mass is 9.95. The van der Waals surface area contributed by atoms with Crippen molar-refractivity contribution in [3.63, 3.8) is 0 Å². The summed E-state index contributed by atoms with van der Waals surface area (Å²) in [6, 6.07) is 30.2. The normalized spacial score (nSPS) is 15.1. The molecule has 1 atom stereocenters. The quantitative estimate of drug-likeness (QED) is 0.278. The van der Waals surface area contributed by atoms with Crippen molar-refractivity contribution in [1.82, 2.24) is 4.57 Å². The molecule has 6 rings (SSSR count). The highest BCUT2D eigenvalue weighted by atomic mass is 32.2. The minimum atomic E-state index is -0.618. The summed E-state index contributed by atoms with van der Waals surface area (Å²) in [5.41, 5.74) is 3.49. The largest absolute Gasteiger partial charge is 0.450 e. The zero-order chi connectivity index (χ0) is 27.6. The average Bonchev–Trinajstić information content (AvgIpc) is 3.53. The summed E-state index contributed by atoms with van der Waals surface area (Å²) < 4.78 is 8.13. The van der Waals surface area contributed by atoms with E-state index < -0.39 is 6.04 Å². The van der Waals surface area contributed by atoms with Crippen LogP contribution in [0.5, 0.6) is 0 Å². The van der Waals surface area contributed by atoms with Crippen LogP contribution in [0.4, 0.5) is 5.69 Å². The van der Waals surface area contributed by atoms with Gasteiger partial charge in [-0.2, -0.15) is 0 Å². The highest BCUT2D eigenvalue weighted by molar-refractivity contribution is 7.99. The molecule has 40 heavy (non-hydrogen) atoms. The van der Waals surface area contributed by atoms with Gasteiger partial charge in [0.2, 0.25) is 0 Å². The molecular formula is C32H25N3O3S2. The number of amides is 1. The van der Waals surface area contributed by atoms with Crippen LogP contribution in [0.1, 0.15) is 29.9 Å². The second kappa shape index (κ2) is 11.0. The van der Waals surface area contributed by atoms with Crippen molar-refractivity contribution in [2.75, 3.05) is 5.32 Å². The second-order valence-electron chi connectivity index (χ2n) is 9.38. The molecular weight excluding hydrogens is 539 g/mol. The molecule has 0 fully saturated rings. The summed E-state index contributed by atoms with van der Waals surface area (Å²) in [6.45, 7) is 3.87. The van der Waals surface area contributed by atoms with Crippen LogP contribution in [-0.2, 0) is 4.79 Å². The van der Waals surface area contributed by atoms with Crippen LogP contribution in [0.25, 0.3) is 6.08 Å². The van der Waals surface area contributed by atoms with Gasteiger partial charge < -0.3 is 9.73 Å². The van der Waals surface area contributed by atoms with Crippen molar-refractivity contribution in [1.29, 1.82) is 0 Å². The highest BCUT2D eigenvalue weighted by Crippen LogP contribution is 2.31. The van der Waals surface area contributed by atoms with Gasteiger partial charge in [0, 0.05) is 16.7 Å².